The molecule has 0 bridgehead atoms. The van der Waals surface area contributed by atoms with Crippen LogP contribution in [-0.4, -0.2) is 27.3 Å². The molecule has 0 fully saturated rings. The van der Waals surface area contributed by atoms with Gasteiger partial charge >= 0.3 is 6.18 Å². The molecule has 2 aromatic heterocycles. The largest absolute Gasteiger partial charge is 0.435 e. The Hall–Kier alpha value is -1.37. The van der Waals surface area contributed by atoms with E-state index in [1.165, 1.54) is 13.2 Å². The normalized spacial score (nSPS) is 12.0. The molecule has 0 aliphatic heterocycles. The molecule has 0 unspecified atom stereocenters. The van der Waals surface area contributed by atoms with Gasteiger partial charge in [-0.3, -0.25) is 4.68 Å². The van der Waals surface area contributed by atoms with Gasteiger partial charge in [0.05, 0.1) is 18.8 Å². The van der Waals surface area contributed by atoms with Crippen molar-refractivity contribution < 1.29 is 13.2 Å². The summed E-state index contributed by atoms with van der Waals surface area (Å²) in [5.41, 5.74) is 0.114. The second kappa shape index (κ2) is 9.53. The van der Waals surface area contributed by atoms with Gasteiger partial charge in [0.25, 0.3) is 0 Å². The van der Waals surface area contributed by atoms with Crippen molar-refractivity contribution in [1.82, 2.24) is 25.4 Å². The monoisotopic (exact) mass is 502 g/mol. The number of nitrogens with zero attached hydrogens (tertiary/aromatic N) is 4. The quantitative estimate of drug-likeness (QED) is 0.374. The average Bonchev–Trinajstić information content (AvgIpc) is 3.04. The SMILES string of the molecule is CCNC(=NCc1cn(C)nc1C(F)(F)F)NCc1nc(C)c(C)s1.I. The lowest BCUT2D eigenvalue weighted by Crippen LogP contribution is -2.36. The standard InChI is InChI=1S/C15H21F3N6S.HI/c1-5-19-14(21-7-12-22-9(2)10(3)25-12)20-6-11-8-24(4)23-13(11)15(16,17)18;/h8H,5-7H2,1-4H3,(H2,19,20,21);1H. The van der Waals surface area contributed by atoms with E-state index in [1.54, 1.807) is 11.3 Å². The summed E-state index contributed by atoms with van der Waals surface area (Å²) in [5, 5.41) is 10.5. The van der Waals surface area contributed by atoms with Crippen LogP contribution in [0.1, 0.15) is 33.8 Å². The molecule has 0 spiro atoms. The maximum Gasteiger partial charge on any atom is 0.435 e. The third kappa shape index (κ3) is 6.11. The summed E-state index contributed by atoms with van der Waals surface area (Å²) in [6.45, 7) is 6.77. The molecule has 0 aliphatic carbocycles. The summed E-state index contributed by atoms with van der Waals surface area (Å²) >= 11 is 1.58. The predicted octanol–water partition coefficient (Wildman–Crippen LogP) is 3.39. The molecule has 11 heteroatoms. The first kappa shape index (κ1) is 22.7. The Kier molecular flexibility index (Phi) is 8.31. The molecule has 0 radical (unpaired) electrons. The Morgan fingerprint density at radius 3 is 2.54 bits per heavy atom. The second-order valence-electron chi connectivity index (χ2n) is 5.47. The number of halogens is 4. The van der Waals surface area contributed by atoms with Crippen molar-refractivity contribution in [2.75, 3.05) is 6.54 Å². The van der Waals surface area contributed by atoms with Crippen LogP contribution in [0.3, 0.4) is 0 Å². The molecule has 0 aliphatic rings. The molecule has 2 rings (SSSR count). The number of aromatic nitrogens is 3. The molecule has 0 saturated carbocycles. The van der Waals surface area contributed by atoms with Gasteiger partial charge in [-0.25, -0.2) is 9.98 Å². The average molecular weight is 502 g/mol. The van der Waals surface area contributed by atoms with Gasteiger partial charge in [0, 0.05) is 30.2 Å². The van der Waals surface area contributed by atoms with Crippen LogP contribution in [0.15, 0.2) is 11.2 Å². The van der Waals surface area contributed by atoms with Crippen molar-refractivity contribution >= 4 is 41.3 Å². The van der Waals surface area contributed by atoms with Crippen LogP contribution in [0.5, 0.6) is 0 Å². The van der Waals surface area contributed by atoms with Gasteiger partial charge < -0.3 is 10.6 Å². The van der Waals surface area contributed by atoms with E-state index < -0.39 is 11.9 Å². The molecule has 0 atom stereocenters. The zero-order chi connectivity index (χ0) is 18.6. The zero-order valence-electron chi connectivity index (χ0n) is 14.9. The molecule has 2 aromatic rings. The molecule has 2 heterocycles. The molecule has 26 heavy (non-hydrogen) atoms. The van der Waals surface area contributed by atoms with Crippen LogP contribution in [0.2, 0.25) is 0 Å². The first-order chi connectivity index (χ1) is 11.7. The molecular formula is C15H22F3IN6S. The highest BCUT2D eigenvalue weighted by molar-refractivity contribution is 14.0. The van der Waals surface area contributed by atoms with E-state index in [4.69, 9.17) is 0 Å². The summed E-state index contributed by atoms with van der Waals surface area (Å²) in [7, 11) is 1.46. The molecule has 6 nitrogen and oxygen atoms in total. The van der Waals surface area contributed by atoms with Crippen LogP contribution in [-0.2, 0) is 26.3 Å². The number of guanidine groups is 1. The van der Waals surface area contributed by atoms with Gasteiger partial charge in [-0.05, 0) is 20.8 Å². The van der Waals surface area contributed by atoms with Crippen molar-refractivity contribution in [2.24, 2.45) is 12.0 Å². The van der Waals surface area contributed by atoms with E-state index >= 15 is 0 Å². The van der Waals surface area contributed by atoms with Crippen LogP contribution < -0.4 is 10.6 Å². The first-order valence-electron chi connectivity index (χ1n) is 7.75. The van der Waals surface area contributed by atoms with Crippen LogP contribution in [0.4, 0.5) is 13.2 Å². The first-order valence-corrected chi connectivity index (χ1v) is 8.57. The lowest BCUT2D eigenvalue weighted by atomic mass is 10.2. The van der Waals surface area contributed by atoms with Crippen molar-refractivity contribution in [3.63, 3.8) is 0 Å². The second-order valence-corrected chi connectivity index (χ2v) is 6.76. The number of aliphatic imine (C=N–C) groups is 1. The number of nitrogens with one attached hydrogen (secondary N) is 2. The summed E-state index contributed by atoms with van der Waals surface area (Å²) < 4.78 is 40.1. The minimum Gasteiger partial charge on any atom is -0.357 e. The topological polar surface area (TPSA) is 67.1 Å². The number of thiazole rings is 1. The van der Waals surface area contributed by atoms with Crippen molar-refractivity contribution in [2.45, 2.75) is 40.0 Å². The zero-order valence-corrected chi connectivity index (χ0v) is 18.1. The molecular weight excluding hydrogens is 480 g/mol. The third-order valence-electron chi connectivity index (χ3n) is 3.40. The van der Waals surface area contributed by atoms with Gasteiger partial charge in [0.1, 0.15) is 5.01 Å². The fourth-order valence-corrected chi connectivity index (χ4v) is 3.05. The van der Waals surface area contributed by atoms with Crippen LogP contribution >= 0.6 is 35.3 Å². The van der Waals surface area contributed by atoms with Gasteiger partial charge in [-0.1, -0.05) is 0 Å². The number of hydrogen-bond acceptors (Lipinski definition) is 4. The van der Waals surface area contributed by atoms with Gasteiger partial charge in [0.15, 0.2) is 11.7 Å². The number of hydrogen-bond donors (Lipinski definition) is 2. The Morgan fingerprint density at radius 1 is 1.31 bits per heavy atom. The molecule has 0 saturated heterocycles. The fourth-order valence-electron chi connectivity index (χ4n) is 2.17. The van der Waals surface area contributed by atoms with Crippen molar-refractivity contribution in [3.05, 3.63) is 33.0 Å². The lowest BCUT2D eigenvalue weighted by molar-refractivity contribution is -0.142. The van der Waals surface area contributed by atoms with Crippen molar-refractivity contribution in [3.8, 4) is 0 Å². The Morgan fingerprint density at radius 2 is 2.00 bits per heavy atom. The molecule has 0 aromatic carbocycles. The van der Waals surface area contributed by atoms with Crippen LogP contribution in [0, 0.1) is 13.8 Å². The van der Waals surface area contributed by atoms with E-state index in [1.807, 2.05) is 20.8 Å². The van der Waals surface area contributed by atoms with E-state index in [2.05, 4.69) is 25.7 Å². The molecule has 2 N–H and O–H groups in total. The number of rotatable bonds is 5. The van der Waals surface area contributed by atoms with E-state index in [0.717, 1.165) is 20.3 Å². The Bertz CT molecular complexity index is 734. The minimum absolute atomic E-state index is 0. The highest BCUT2D eigenvalue weighted by Gasteiger charge is 2.36. The molecule has 146 valence electrons. The summed E-state index contributed by atoms with van der Waals surface area (Å²) in [6.07, 6.45) is -3.16. The summed E-state index contributed by atoms with van der Waals surface area (Å²) in [4.78, 5) is 9.80. The van der Waals surface area contributed by atoms with Crippen molar-refractivity contribution in [1.29, 1.82) is 0 Å². The number of aryl methyl sites for hydroxylation is 3. The van der Waals surface area contributed by atoms with Gasteiger partial charge in [-0.15, -0.1) is 35.3 Å². The minimum atomic E-state index is -4.49. The van der Waals surface area contributed by atoms with Gasteiger partial charge in [-0.2, -0.15) is 18.3 Å². The maximum atomic E-state index is 13.0. The summed E-state index contributed by atoms with van der Waals surface area (Å²) in [6, 6.07) is 0. The highest BCUT2D eigenvalue weighted by Crippen LogP contribution is 2.30. The Labute approximate surface area is 171 Å². The smallest absolute Gasteiger partial charge is 0.357 e. The third-order valence-corrected chi connectivity index (χ3v) is 4.48. The fraction of sp³-hybridized carbons (Fsp3) is 0.533. The Balaban J connectivity index is 0.00000338. The van der Waals surface area contributed by atoms with Crippen LogP contribution in [0.25, 0.3) is 0 Å². The lowest BCUT2D eigenvalue weighted by Gasteiger charge is -2.10. The van der Waals surface area contributed by atoms with E-state index in [9.17, 15) is 13.2 Å². The predicted molar refractivity (Wildman–Crippen MR) is 107 cm³/mol. The van der Waals surface area contributed by atoms with E-state index in [-0.39, 0.29) is 36.1 Å². The number of alkyl halides is 3. The van der Waals surface area contributed by atoms with E-state index in [0.29, 0.717) is 19.0 Å². The highest BCUT2D eigenvalue weighted by atomic mass is 127. The summed E-state index contributed by atoms with van der Waals surface area (Å²) in [5.74, 6) is 0.435. The van der Waals surface area contributed by atoms with Gasteiger partial charge in [0.2, 0.25) is 0 Å². The molecule has 0 amide bonds. The maximum absolute atomic E-state index is 13.0.